The van der Waals surface area contributed by atoms with Crippen molar-refractivity contribution in [1.29, 1.82) is 0 Å². The minimum atomic E-state index is 0.0103. The molecule has 0 unspecified atom stereocenters. The Hall–Kier alpha value is -0.500. The number of pyridine rings is 1. The molecule has 0 atom stereocenters. The molecule has 1 heterocycles. The lowest BCUT2D eigenvalue weighted by Crippen LogP contribution is -1.92. The number of nitrogens with zero attached hydrogens (tertiary/aromatic N) is 1. The molecule has 1 nitrogen and oxygen atoms in total. The zero-order valence-corrected chi connectivity index (χ0v) is 9.10. The average Bonchev–Trinajstić information content (AvgIpc) is 2.04. The van der Waals surface area contributed by atoms with Gasteiger partial charge in [-0.2, -0.15) is 0 Å². The highest BCUT2D eigenvalue weighted by molar-refractivity contribution is 8.15. The second kappa shape index (κ2) is 3.94. The van der Waals surface area contributed by atoms with Crippen LogP contribution in [0.2, 0.25) is 0 Å². The Labute approximate surface area is 77.6 Å². The third-order valence-corrected chi connectivity index (χ3v) is 3.18. The van der Waals surface area contributed by atoms with Crippen molar-refractivity contribution in [2.45, 2.75) is 24.7 Å². The molecule has 0 spiro atoms. The Morgan fingerprint density at radius 3 is 2.25 bits per heavy atom. The van der Waals surface area contributed by atoms with Gasteiger partial charge in [0.15, 0.2) is 0 Å². The lowest BCUT2D eigenvalue weighted by molar-refractivity contribution is 0.818. The zero-order chi connectivity index (χ0) is 9.14. The third kappa shape index (κ3) is 2.24. The summed E-state index contributed by atoms with van der Waals surface area (Å²) in [5.74, 6) is 0.541. The van der Waals surface area contributed by atoms with Crippen molar-refractivity contribution in [3.8, 4) is 0 Å². The van der Waals surface area contributed by atoms with Gasteiger partial charge in [0.2, 0.25) is 0 Å². The molecule has 1 rings (SSSR count). The lowest BCUT2D eigenvalue weighted by atomic mass is 10.1. The van der Waals surface area contributed by atoms with Crippen LogP contribution in [0.15, 0.2) is 23.2 Å². The maximum Gasteiger partial charge on any atom is 0.0429 e. The van der Waals surface area contributed by atoms with Crippen LogP contribution in [0, 0.1) is 0 Å². The molecule has 1 aromatic heterocycles. The number of rotatable bonds is 2. The van der Waals surface area contributed by atoms with Gasteiger partial charge in [0.25, 0.3) is 0 Å². The van der Waals surface area contributed by atoms with E-state index in [1.165, 1.54) is 10.6 Å². The van der Waals surface area contributed by atoms with Crippen LogP contribution in [-0.4, -0.2) is 17.5 Å². The molecule has 2 heteroatoms. The van der Waals surface area contributed by atoms with Gasteiger partial charge in [-0.3, -0.25) is 4.98 Å². The van der Waals surface area contributed by atoms with E-state index in [2.05, 4.69) is 43.5 Å². The summed E-state index contributed by atoms with van der Waals surface area (Å²) in [7, 11) is 0.0103. The smallest absolute Gasteiger partial charge is 0.0429 e. The van der Waals surface area contributed by atoms with Crippen molar-refractivity contribution in [2.24, 2.45) is 0 Å². The summed E-state index contributed by atoms with van der Waals surface area (Å²) in [6, 6.07) is 4.34. The van der Waals surface area contributed by atoms with Gasteiger partial charge < -0.3 is 0 Å². The molecule has 0 aliphatic carbocycles. The molecule has 0 saturated carbocycles. The minimum Gasteiger partial charge on any atom is -0.260 e. The van der Waals surface area contributed by atoms with Crippen molar-refractivity contribution < 1.29 is 0 Å². The molecular formula is C10H17NS. The Kier molecular flexibility index (Phi) is 3.15. The predicted molar refractivity (Wildman–Crippen MR) is 57.4 cm³/mol. The van der Waals surface area contributed by atoms with Crippen molar-refractivity contribution >= 4 is 10.9 Å². The van der Waals surface area contributed by atoms with Crippen LogP contribution in [0.5, 0.6) is 0 Å². The summed E-state index contributed by atoms with van der Waals surface area (Å²) < 4.78 is 0. The van der Waals surface area contributed by atoms with Gasteiger partial charge in [-0.05, 0) is 30.6 Å². The normalized spacial score (nSPS) is 11.9. The van der Waals surface area contributed by atoms with E-state index in [0.29, 0.717) is 5.92 Å². The molecule has 0 aliphatic heterocycles. The molecule has 0 aromatic carbocycles. The first-order chi connectivity index (χ1) is 5.61. The summed E-state index contributed by atoms with van der Waals surface area (Å²) in [5, 5.41) is 0. The topological polar surface area (TPSA) is 12.9 Å². The quantitative estimate of drug-likeness (QED) is 0.696. The second-order valence-electron chi connectivity index (χ2n) is 3.49. The summed E-state index contributed by atoms with van der Waals surface area (Å²) in [6.07, 6.45) is 6.52. The van der Waals surface area contributed by atoms with Crippen molar-refractivity contribution in [1.82, 2.24) is 4.98 Å². The van der Waals surface area contributed by atoms with E-state index >= 15 is 0 Å². The molecule has 12 heavy (non-hydrogen) atoms. The van der Waals surface area contributed by atoms with E-state index in [1.807, 2.05) is 6.20 Å². The molecule has 68 valence electrons. The summed E-state index contributed by atoms with van der Waals surface area (Å²) in [5.41, 5.74) is 1.19. The van der Waals surface area contributed by atoms with Crippen LogP contribution in [0.25, 0.3) is 0 Å². The highest BCUT2D eigenvalue weighted by atomic mass is 32.2. The van der Waals surface area contributed by atoms with Crippen LogP contribution >= 0.6 is 10.9 Å². The number of thiol groups is 1. The van der Waals surface area contributed by atoms with Gasteiger partial charge in [-0.15, -0.1) is 0 Å². The maximum absolute atomic E-state index is 4.42. The molecule has 0 radical (unpaired) electrons. The van der Waals surface area contributed by atoms with Gasteiger partial charge >= 0.3 is 0 Å². The van der Waals surface area contributed by atoms with Gasteiger partial charge in [0.1, 0.15) is 0 Å². The van der Waals surface area contributed by atoms with E-state index in [9.17, 15) is 0 Å². The predicted octanol–water partition coefficient (Wildman–Crippen LogP) is 2.82. The first kappa shape index (κ1) is 9.59. The first-order valence-electron chi connectivity index (χ1n) is 4.24. The van der Waals surface area contributed by atoms with Crippen LogP contribution in [0.3, 0.4) is 0 Å². The van der Waals surface area contributed by atoms with E-state index in [4.69, 9.17) is 0 Å². The molecule has 0 amide bonds. The fourth-order valence-corrected chi connectivity index (χ4v) is 1.66. The summed E-state index contributed by atoms with van der Waals surface area (Å²) in [4.78, 5) is 5.80. The average molecular weight is 183 g/mol. The fraction of sp³-hybridized carbons (Fsp3) is 0.500. The van der Waals surface area contributed by atoms with E-state index in [0.717, 1.165) is 0 Å². The summed E-state index contributed by atoms with van der Waals surface area (Å²) in [6.45, 7) is 4.34. The highest BCUT2D eigenvalue weighted by Gasteiger charge is 2.00. The van der Waals surface area contributed by atoms with Crippen LogP contribution in [-0.2, 0) is 0 Å². The maximum atomic E-state index is 4.42. The second-order valence-corrected chi connectivity index (χ2v) is 5.80. The van der Waals surface area contributed by atoms with Crippen LogP contribution < -0.4 is 0 Å². The van der Waals surface area contributed by atoms with Gasteiger partial charge in [0.05, 0.1) is 0 Å². The van der Waals surface area contributed by atoms with Crippen LogP contribution in [0.4, 0.5) is 0 Å². The minimum absolute atomic E-state index is 0.0103. The SMILES string of the molecule is CC(C)c1ccc([SH](C)C)cn1. The molecule has 0 fully saturated rings. The Bertz CT molecular complexity index is 212. The van der Waals surface area contributed by atoms with Crippen molar-refractivity contribution in [3.63, 3.8) is 0 Å². The molecule has 0 N–H and O–H groups in total. The van der Waals surface area contributed by atoms with E-state index < -0.39 is 0 Å². The van der Waals surface area contributed by atoms with E-state index in [1.54, 1.807) is 0 Å². The Morgan fingerprint density at radius 2 is 1.92 bits per heavy atom. The Balaban J connectivity index is 2.86. The summed E-state index contributed by atoms with van der Waals surface area (Å²) >= 11 is 0. The van der Waals surface area contributed by atoms with Gasteiger partial charge in [-0.1, -0.05) is 13.8 Å². The standard InChI is InChI=1S/C10H17NS/c1-8(2)10-6-5-9(7-11-10)12(3)4/h5-8,12H,1-4H3. The first-order valence-corrected chi connectivity index (χ1v) is 6.48. The Morgan fingerprint density at radius 1 is 1.25 bits per heavy atom. The number of hydrogen-bond acceptors (Lipinski definition) is 1. The van der Waals surface area contributed by atoms with E-state index in [-0.39, 0.29) is 10.9 Å². The molecule has 0 saturated heterocycles. The lowest BCUT2D eigenvalue weighted by Gasteiger charge is -2.10. The zero-order valence-electron chi connectivity index (χ0n) is 8.20. The largest absolute Gasteiger partial charge is 0.260 e. The molecular weight excluding hydrogens is 166 g/mol. The van der Waals surface area contributed by atoms with Gasteiger partial charge in [0, 0.05) is 16.8 Å². The molecule has 0 aliphatic rings. The van der Waals surface area contributed by atoms with Crippen molar-refractivity contribution in [2.75, 3.05) is 12.5 Å². The van der Waals surface area contributed by atoms with Crippen molar-refractivity contribution in [3.05, 3.63) is 24.0 Å². The molecule has 0 bridgehead atoms. The highest BCUT2D eigenvalue weighted by Crippen LogP contribution is 2.27. The number of hydrogen-bond donors (Lipinski definition) is 1. The number of aromatic nitrogens is 1. The van der Waals surface area contributed by atoms with Crippen LogP contribution in [0.1, 0.15) is 25.5 Å². The third-order valence-electron chi connectivity index (χ3n) is 1.88. The molecule has 1 aromatic rings. The monoisotopic (exact) mass is 183 g/mol. The fourth-order valence-electron chi connectivity index (χ4n) is 1.00. The van der Waals surface area contributed by atoms with Gasteiger partial charge in [-0.25, -0.2) is 10.9 Å².